The zero-order chi connectivity index (χ0) is 14.0. The van der Waals surface area contributed by atoms with Gasteiger partial charge in [0, 0.05) is 10.0 Å². The Labute approximate surface area is 121 Å². The molecule has 0 aliphatic heterocycles. The number of Topliss-reactive ketones (excluding diaryl/α,β-unsaturated/α-hetero) is 1. The van der Waals surface area contributed by atoms with E-state index in [0.717, 1.165) is 10.7 Å². The lowest BCUT2D eigenvalue weighted by Gasteiger charge is -2.01. The van der Waals surface area contributed by atoms with E-state index in [1.54, 1.807) is 24.3 Å². The van der Waals surface area contributed by atoms with Gasteiger partial charge in [0.05, 0.1) is 6.54 Å². The number of benzene rings is 1. The number of hydrogen-bond donors (Lipinski definition) is 0. The van der Waals surface area contributed by atoms with Crippen LogP contribution in [-0.4, -0.2) is 20.3 Å². The lowest BCUT2D eigenvalue weighted by molar-refractivity contribution is -0.389. The van der Waals surface area contributed by atoms with Crippen molar-refractivity contribution in [3.63, 3.8) is 0 Å². The lowest BCUT2D eigenvalue weighted by atomic mass is 10.1. The maximum Gasteiger partial charge on any atom is 0.383 e. The van der Waals surface area contributed by atoms with Crippen molar-refractivity contribution in [1.82, 2.24) is 9.55 Å². The van der Waals surface area contributed by atoms with Gasteiger partial charge in [-0.1, -0.05) is 28.1 Å². The van der Waals surface area contributed by atoms with Crippen LogP contribution in [0, 0.1) is 10.1 Å². The Kier molecular flexibility index (Phi) is 3.96. The molecule has 0 fully saturated rings. The van der Waals surface area contributed by atoms with Crippen LogP contribution in [0.4, 0.5) is 5.82 Å². The molecule has 6 nitrogen and oxygen atoms in total. The van der Waals surface area contributed by atoms with Gasteiger partial charge in [-0.2, -0.15) is 0 Å². The molecule has 2 rings (SSSR count). The minimum atomic E-state index is -0.660. The van der Waals surface area contributed by atoms with Gasteiger partial charge in [-0.05, 0) is 33.6 Å². The lowest BCUT2D eigenvalue weighted by Crippen LogP contribution is -2.09. The Hall–Kier alpha value is -1.73. The van der Waals surface area contributed by atoms with Crippen molar-refractivity contribution in [2.75, 3.05) is 0 Å². The van der Waals surface area contributed by atoms with E-state index in [-0.39, 0.29) is 23.4 Å². The molecule has 0 radical (unpaired) electrons. The molecule has 0 aliphatic rings. The van der Waals surface area contributed by atoms with Crippen LogP contribution in [0.15, 0.2) is 34.9 Å². The molecule has 98 valence electrons. The number of imidazole rings is 1. The summed E-state index contributed by atoms with van der Waals surface area (Å²) in [6.07, 6.45) is 1.14. The first-order chi connectivity index (χ1) is 8.97. The summed E-state index contributed by atoms with van der Waals surface area (Å²) in [4.78, 5) is 25.4. The van der Waals surface area contributed by atoms with Crippen molar-refractivity contribution >= 4 is 39.1 Å². The number of carbonyl (C=O) groups excluding carboxylic acids is 1. The second-order valence-electron chi connectivity index (χ2n) is 3.68. The Morgan fingerprint density at radius 1 is 1.42 bits per heavy atom. The molecule has 0 bridgehead atoms. The number of nitro groups is 1. The van der Waals surface area contributed by atoms with E-state index >= 15 is 0 Å². The third kappa shape index (κ3) is 3.18. The minimum Gasteiger partial charge on any atom is -0.358 e. The molecule has 0 spiro atoms. The molecule has 19 heavy (non-hydrogen) atoms. The van der Waals surface area contributed by atoms with Crippen molar-refractivity contribution in [3.8, 4) is 0 Å². The molecule has 8 heteroatoms. The van der Waals surface area contributed by atoms with Crippen LogP contribution in [0.1, 0.15) is 10.4 Å². The quantitative estimate of drug-likeness (QED) is 0.485. The highest BCUT2D eigenvalue weighted by atomic mass is 79.9. The number of halogens is 2. The molecule has 0 aliphatic carbocycles. The largest absolute Gasteiger partial charge is 0.383 e. The molecule has 0 saturated carbocycles. The van der Waals surface area contributed by atoms with Crippen LogP contribution in [0.3, 0.4) is 0 Å². The fraction of sp³-hybridized carbons (Fsp3) is 0.0909. The Morgan fingerprint density at radius 3 is 2.58 bits per heavy atom. The zero-order valence-corrected chi connectivity index (χ0v) is 11.8. The van der Waals surface area contributed by atoms with E-state index in [4.69, 9.17) is 11.6 Å². The van der Waals surface area contributed by atoms with E-state index in [1.165, 1.54) is 4.57 Å². The van der Waals surface area contributed by atoms with Gasteiger partial charge >= 0.3 is 11.1 Å². The molecular formula is C11H7BrClN3O3. The predicted molar refractivity (Wildman–Crippen MR) is 72.4 cm³/mol. The van der Waals surface area contributed by atoms with Crippen molar-refractivity contribution in [2.45, 2.75) is 6.54 Å². The number of carbonyl (C=O) groups is 1. The summed E-state index contributed by atoms with van der Waals surface area (Å²) in [5.74, 6) is -0.588. The molecule has 0 N–H and O–H groups in total. The third-order valence-corrected chi connectivity index (χ3v) is 3.21. The summed E-state index contributed by atoms with van der Waals surface area (Å²) in [7, 11) is 0. The summed E-state index contributed by atoms with van der Waals surface area (Å²) < 4.78 is 2.10. The van der Waals surface area contributed by atoms with Gasteiger partial charge in [0.25, 0.3) is 0 Å². The van der Waals surface area contributed by atoms with E-state index in [0.29, 0.717) is 5.56 Å². The van der Waals surface area contributed by atoms with Crippen LogP contribution in [0.5, 0.6) is 0 Å². The molecule has 1 aromatic carbocycles. The maximum atomic E-state index is 12.0. The van der Waals surface area contributed by atoms with Crippen molar-refractivity contribution in [1.29, 1.82) is 0 Å². The fourth-order valence-corrected chi connectivity index (χ4v) is 1.92. The molecule has 1 aromatic heterocycles. The van der Waals surface area contributed by atoms with E-state index in [9.17, 15) is 14.9 Å². The summed E-state index contributed by atoms with van der Waals surface area (Å²) in [6.45, 7) is -0.0959. The first-order valence-corrected chi connectivity index (χ1v) is 6.30. The first kappa shape index (κ1) is 13.7. The first-order valence-electron chi connectivity index (χ1n) is 5.13. The minimum absolute atomic E-state index is 0.0860. The molecule has 2 aromatic rings. The number of hydrogen-bond acceptors (Lipinski definition) is 4. The van der Waals surface area contributed by atoms with Crippen molar-refractivity contribution in [3.05, 3.63) is 55.9 Å². The smallest absolute Gasteiger partial charge is 0.358 e. The second kappa shape index (κ2) is 5.50. The normalized spacial score (nSPS) is 10.4. The average molecular weight is 345 g/mol. The molecule has 0 saturated heterocycles. The average Bonchev–Trinajstić information content (AvgIpc) is 2.72. The number of ketones is 1. The van der Waals surface area contributed by atoms with Gasteiger partial charge in [-0.3, -0.25) is 9.36 Å². The standard InChI is InChI=1S/C11H7BrClN3O3/c12-8-3-1-7(2-4-8)9(17)5-15-6-10(16(18)19)14-11(15)13/h1-4,6H,5H2. The van der Waals surface area contributed by atoms with Crippen LogP contribution >= 0.6 is 27.5 Å². The molecule has 0 unspecified atom stereocenters. The maximum absolute atomic E-state index is 12.0. The third-order valence-electron chi connectivity index (χ3n) is 2.38. The van der Waals surface area contributed by atoms with E-state index in [1.807, 2.05) is 0 Å². The molecule has 1 heterocycles. The predicted octanol–water partition coefficient (Wildman–Crippen LogP) is 3.09. The number of rotatable bonds is 4. The molecule has 0 amide bonds. The van der Waals surface area contributed by atoms with Crippen LogP contribution in [-0.2, 0) is 6.54 Å². The molecule has 0 atom stereocenters. The summed E-state index contributed by atoms with van der Waals surface area (Å²) in [5.41, 5.74) is 0.496. The Balaban J connectivity index is 2.19. The monoisotopic (exact) mass is 343 g/mol. The molecular weight excluding hydrogens is 337 g/mol. The van der Waals surface area contributed by atoms with Gasteiger partial charge in [0.2, 0.25) is 0 Å². The van der Waals surface area contributed by atoms with Gasteiger partial charge in [-0.25, -0.2) is 0 Å². The second-order valence-corrected chi connectivity index (χ2v) is 4.94. The zero-order valence-electron chi connectivity index (χ0n) is 9.42. The summed E-state index contributed by atoms with van der Waals surface area (Å²) >= 11 is 9.00. The Morgan fingerprint density at radius 2 is 2.05 bits per heavy atom. The van der Waals surface area contributed by atoms with Crippen molar-refractivity contribution in [2.24, 2.45) is 0 Å². The van der Waals surface area contributed by atoms with Gasteiger partial charge in [0.1, 0.15) is 6.20 Å². The highest BCUT2D eigenvalue weighted by Gasteiger charge is 2.19. The van der Waals surface area contributed by atoms with Crippen LogP contribution < -0.4 is 0 Å². The summed E-state index contributed by atoms with van der Waals surface area (Å²) in [5, 5.41) is 10.5. The Bertz CT molecular complexity index is 639. The highest BCUT2D eigenvalue weighted by molar-refractivity contribution is 9.10. The number of nitrogens with zero attached hydrogens (tertiary/aromatic N) is 3. The van der Waals surface area contributed by atoms with Gasteiger partial charge in [-0.15, -0.1) is 0 Å². The fourth-order valence-electron chi connectivity index (χ4n) is 1.46. The highest BCUT2D eigenvalue weighted by Crippen LogP contribution is 2.17. The van der Waals surface area contributed by atoms with Crippen molar-refractivity contribution < 1.29 is 9.72 Å². The van der Waals surface area contributed by atoms with E-state index < -0.39 is 4.92 Å². The number of aromatic nitrogens is 2. The van der Waals surface area contributed by atoms with Gasteiger partial charge < -0.3 is 10.1 Å². The van der Waals surface area contributed by atoms with Crippen LogP contribution in [0.25, 0.3) is 0 Å². The SMILES string of the molecule is O=C(Cn1cc([N+](=O)[O-])nc1Cl)c1ccc(Br)cc1. The topological polar surface area (TPSA) is 78.0 Å². The van der Waals surface area contributed by atoms with Crippen LogP contribution in [0.2, 0.25) is 5.28 Å². The van der Waals surface area contributed by atoms with E-state index in [2.05, 4.69) is 20.9 Å². The summed E-state index contributed by atoms with van der Waals surface area (Å²) in [6, 6.07) is 6.80. The van der Waals surface area contributed by atoms with Gasteiger partial charge in [0.15, 0.2) is 5.78 Å².